The molecule has 1 rings (SSSR count). The lowest BCUT2D eigenvalue weighted by Crippen LogP contribution is -1.97. The first-order chi connectivity index (χ1) is 6.56. The van der Waals surface area contributed by atoms with Crippen LogP contribution in [0.5, 0.6) is 0 Å². The summed E-state index contributed by atoms with van der Waals surface area (Å²) in [6.07, 6.45) is 4.59. The van der Waals surface area contributed by atoms with Crippen LogP contribution in [0.2, 0.25) is 0 Å². The number of oxime groups is 1. The van der Waals surface area contributed by atoms with E-state index in [0.29, 0.717) is 0 Å². The van der Waals surface area contributed by atoms with Gasteiger partial charge in [0.1, 0.15) is 5.83 Å². The Kier molecular flexibility index (Phi) is 3.72. The van der Waals surface area contributed by atoms with Crippen LogP contribution in [0.1, 0.15) is 6.92 Å². The highest BCUT2D eigenvalue weighted by atomic mass is 35.5. The van der Waals surface area contributed by atoms with Crippen LogP contribution in [0.3, 0.4) is 0 Å². The molecule has 0 heterocycles. The molecule has 0 aromatic heterocycles. The maximum Gasteiger partial charge on any atom is 0.179 e. The van der Waals surface area contributed by atoms with Crippen LogP contribution in [0.4, 0.5) is 4.39 Å². The molecule has 0 fully saturated rings. The fraction of sp³-hybridized carbons (Fsp3) is 0.222. The van der Waals surface area contributed by atoms with Gasteiger partial charge in [-0.1, -0.05) is 41.4 Å². The zero-order chi connectivity index (χ0) is 10.7. The number of nitrogens with zero attached hydrogens (tertiary/aromatic N) is 1. The Balaban J connectivity index is 3.24. The van der Waals surface area contributed by atoms with E-state index in [0.717, 1.165) is 0 Å². The van der Waals surface area contributed by atoms with Gasteiger partial charge in [0.2, 0.25) is 0 Å². The van der Waals surface area contributed by atoms with Crippen LogP contribution in [0.15, 0.2) is 39.8 Å². The monoisotopic (exact) mass is 235 g/mol. The Hall–Kier alpha value is -0.800. The van der Waals surface area contributed by atoms with Crippen LogP contribution >= 0.6 is 23.2 Å². The first-order valence-electron chi connectivity index (χ1n) is 3.90. The van der Waals surface area contributed by atoms with Crippen molar-refractivity contribution < 1.29 is 9.60 Å². The van der Waals surface area contributed by atoms with Crippen LogP contribution in [0.25, 0.3) is 0 Å². The van der Waals surface area contributed by atoms with E-state index in [2.05, 4.69) is 5.16 Å². The minimum Gasteiger partial charge on any atom is -0.410 e. The Bertz CT molecular complexity index is 358. The van der Waals surface area contributed by atoms with Gasteiger partial charge in [0.25, 0.3) is 0 Å². The van der Waals surface area contributed by atoms with E-state index >= 15 is 0 Å². The quantitative estimate of drug-likeness (QED) is 0.421. The molecule has 0 radical (unpaired) electrons. The lowest BCUT2D eigenvalue weighted by molar-refractivity contribution is 0.320. The van der Waals surface area contributed by atoms with Crippen LogP contribution in [-0.2, 0) is 0 Å². The van der Waals surface area contributed by atoms with Crippen molar-refractivity contribution in [2.45, 2.75) is 6.92 Å². The summed E-state index contributed by atoms with van der Waals surface area (Å²) >= 11 is 11.3. The predicted molar refractivity (Wildman–Crippen MR) is 55.4 cm³/mol. The summed E-state index contributed by atoms with van der Waals surface area (Å²) in [6.45, 7) is 1.80. The smallest absolute Gasteiger partial charge is 0.179 e. The van der Waals surface area contributed by atoms with Crippen LogP contribution in [-0.4, -0.2) is 10.4 Å². The minimum atomic E-state index is -0.588. The lowest BCUT2D eigenvalue weighted by Gasteiger charge is -2.01. The Morgan fingerprint density at radius 1 is 1.64 bits per heavy atom. The highest BCUT2D eigenvalue weighted by molar-refractivity contribution is 6.70. The second kappa shape index (κ2) is 4.62. The molecule has 14 heavy (non-hydrogen) atoms. The standard InChI is InChI=1S/C9H8Cl2FNO/c1-5-2-3-6(10)8(7(12)4-5)9(11)13-14/h2-5,14H,1H3/b13-9+/t5-/m1/s1. The number of allylic oxidation sites excluding steroid dienone is 6. The second-order valence-electron chi connectivity index (χ2n) is 2.85. The van der Waals surface area contributed by atoms with Gasteiger partial charge >= 0.3 is 0 Å². The summed E-state index contributed by atoms with van der Waals surface area (Å²) in [5.41, 5.74) is -0.0866. The van der Waals surface area contributed by atoms with Gasteiger partial charge in [0.15, 0.2) is 5.17 Å². The van der Waals surface area contributed by atoms with E-state index in [9.17, 15) is 4.39 Å². The lowest BCUT2D eigenvalue weighted by atomic mass is 10.1. The molecule has 0 spiro atoms. The summed E-state index contributed by atoms with van der Waals surface area (Å²) < 4.78 is 13.4. The van der Waals surface area contributed by atoms with E-state index < -0.39 is 5.83 Å². The SMILES string of the molecule is C[C@@H]1C=CC(Cl)=C(/C(Cl)=N\O)C(F)=C1. The summed E-state index contributed by atoms with van der Waals surface area (Å²) in [5.74, 6) is -0.667. The number of halogens is 3. The summed E-state index contributed by atoms with van der Waals surface area (Å²) in [6, 6.07) is 0. The molecule has 1 N–H and O–H groups in total. The molecule has 1 aliphatic carbocycles. The third-order valence-corrected chi connectivity index (χ3v) is 2.31. The molecular weight excluding hydrogens is 228 g/mol. The maximum absolute atomic E-state index is 13.4. The van der Waals surface area contributed by atoms with Crippen molar-refractivity contribution in [3.8, 4) is 0 Å². The summed E-state index contributed by atoms with van der Waals surface area (Å²) in [4.78, 5) is 0. The highest BCUT2D eigenvalue weighted by Gasteiger charge is 2.17. The van der Waals surface area contributed by atoms with Crippen molar-refractivity contribution in [3.63, 3.8) is 0 Å². The van der Waals surface area contributed by atoms with E-state index in [1.807, 2.05) is 0 Å². The van der Waals surface area contributed by atoms with Crippen molar-refractivity contribution in [1.29, 1.82) is 0 Å². The minimum absolute atomic E-state index is 0.0793. The van der Waals surface area contributed by atoms with E-state index in [4.69, 9.17) is 28.4 Å². The third kappa shape index (κ3) is 2.36. The van der Waals surface area contributed by atoms with Crippen molar-refractivity contribution in [2.75, 3.05) is 0 Å². The predicted octanol–water partition coefficient (Wildman–Crippen LogP) is 3.57. The molecule has 0 aliphatic heterocycles. The first-order valence-corrected chi connectivity index (χ1v) is 4.65. The number of rotatable bonds is 1. The third-order valence-electron chi connectivity index (χ3n) is 1.73. The van der Waals surface area contributed by atoms with Gasteiger partial charge in [0, 0.05) is 0 Å². The summed E-state index contributed by atoms with van der Waals surface area (Å²) in [7, 11) is 0. The molecule has 1 atom stereocenters. The van der Waals surface area contributed by atoms with Gasteiger partial charge in [0.05, 0.1) is 10.6 Å². The average Bonchev–Trinajstić information content (AvgIpc) is 2.25. The van der Waals surface area contributed by atoms with Crippen molar-refractivity contribution in [2.24, 2.45) is 11.1 Å². The molecule has 2 nitrogen and oxygen atoms in total. The normalized spacial score (nSPS) is 23.6. The largest absolute Gasteiger partial charge is 0.410 e. The molecular formula is C9H8Cl2FNO. The second-order valence-corrected chi connectivity index (χ2v) is 3.61. The van der Waals surface area contributed by atoms with Gasteiger partial charge in [-0.2, -0.15) is 0 Å². The zero-order valence-corrected chi connectivity index (χ0v) is 8.85. The average molecular weight is 236 g/mol. The first kappa shape index (κ1) is 11.3. The summed E-state index contributed by atoms with van der Waals surface area (Å²) in [5, 5.41) is 10.9. The van der Waals surface area contributed by atoms with Gasteiger partial charge in [-0.25, -0.2) is 4.39 Å². The van der Waals surface area contributed by atoms with Crippen molar-refractivity contribution in [3.05, 3.63) is 34.7 Å². The molecule has 0 saturated carbocycles. The number of hydrogen-bond acceptors (Lipinski definition) is 2. The Morgan fingerprint density at radius 3 is 2.86 bits per heavy atom. The highest BCUT2D eigenvalue weighted by Crippen LogP contribution is 2.28. The Morgan fingerprint density at radius 2 is 2.29 bits per heavy atom. The molecule has 76 valence electrons. The van der Waals surface area contributed by atoms with Gasteiger partial charge in [-0.3, -0.25) is 0 Å². The van der Waals surface area contributed by atoms with Crippen molar-refractivity contribution in [1.82, 2.24) is 0 Å². The van der Waals surface area contributed by atoms with Gasteiger partial charge in [-0.15, -0.1) is 0 Å². The number of hydrogen-bond donors (Lipinski definition) is 1. The maximum atomic E-state index is 13.4. The van der Waals surface area contributed by atoms with Crippen molar-refractivity contribution >= 4 is 28.4 Å². The van der Waals surface area contributed by atoms with Gasteiger partial charge < -0.3 is 5.21 Å². The molecule has 0 saturated heterocycles. The molecule has 1 aliphatic rings. The zero-order valence-electron chi connectivity index (χ0n) is 7.34. The van der Waals surface area contributed by atoms with E-state index in [1.165, 1.54) is 12.2 Å². The fourth-order valence-electron chi connectivity index (χ4n) is 1.05. The van der Waals surface area contributed by atoms with E-state index in [1.54, 1.807) is 13.0 Å². The van der Waals surface area contributed by atoms with Gasteiger partial charge in [-0.05, 0) is 18.1 Å². The molecule has 0 amide bonds. The van der Waals surface area contributed by atoms with E-state index in [-0.39, 0.29) is 21.7 Å². The fourth-order valence-corrected chi connectivity index (χ4v) is 1.54. The molecule has 0 unspecified atom stereocenters. The van der Waals surface area contributed by atoms with Crippen LogP contribution < -0.4 is 0 Å². The molecule has 0 aromatic carbocycles. The molecule has 0 aromatic rings. The molecule has 0 bridgehead atoms. The Labute approximate surface area is 91.0 Å². The van der Waals surface area contributed by atoms with Crippen LogP contribution in [0, 0.1) is 5.92 Å². The topological polar surface area (TPSA) is 32.6 Å². The molecule has 5 heteroatoms.